The van der Waals surface area contributed by atoms with E-state index in [0.29, 0.717) is 18.4 Å². The maximum Gasteiger partial charge on any atom is 0.573 e. The Morgan fingerprint density at radius 2 is 1.73 bits per heavy atom. The Kier molecular flexibility index (Phi) is 5.35. The maximum atomic E-state index is 14.3. The minimum absolute atomic E-state index is 0.273. The molecule has 26 heavy (non-hydrogen) atoms. The van der Waals surface area contributed by atoms with Gasteiger partial charge in [0.1, 0.15) is 0 Å². The van der Waals surface area contributed by atoms with Crippen molar-refractivity contribution >= 4 is 11.6 Å². The monoisotopic (exact) mass is 364 g/mol. The highest BCUT2D eigenvalue weighted by Crippen LogP contribution is 2.36. The molecular formula is C21H20F4O. The molecular weight excluding hydrogens is 344 g/mol. The van der Waals surface area contributed by atoms with E-state index in [1.807, 2.05) is 6.08 Å². The van der Waals surface area contributed by atoms with Crippen molar-refractivity contribution in [3.05, 3.63) is 64.5 Å². The highest BCUT2D eigenvalue weighted by Gasteiger charge is 2.33. The summed E-state index contributed by atoms with van der Waals surface area (Å²) < 4.78 is 55.1. The number of ether oxygens (including phenoxy) is 1. The van der Waals surface area contributed by atoms with Crippen LogP contribution in [0.1, 0.15) is 48.4 Å². The molecule has 0 heterocycles. The van der Waals surface area contributed by atoms with E-state index in [2.05, 4.69) is 35.9 Å². The zero-order valence-corrected chi connectivity index (χ0v) is 14.5. The lowest BCUT2D eigenvalue weighted by Gasteiger charge is -2.19. The lowest BCUT2D eigenvalue weighted by atomic mass is 9.88. The van der Waals surface area contributed by atoms with Crippen LogP contribution in [0.15, 0.2) is 36.4 Å². The molecule has 0 amide bonds. The smallest absolute Gasteiger partial charge is 0.403 e. The quantitative estimate of drug-likeness (QED) is 0.546. The molecule has 0 N–H and O–H groups in total. The number of unbranched alkanes of at least 4 members (excludes halogenated alkanes) is 1. The number of aryl methyl sites for hydroxylation is 1. The van der Waals surface area contributed by atoms with Crippen LogP contribution in [0.4, 0.5) is 17.6 Å². The van der Waals surface area contributed by atoms with Gasteiger partial charge in [-0.05, 0) is 59.6 Å². The Morgan fingerprint density at radius 1 is 1.00 bits per heavy atom. The predicted octanol–water partition coefficient (Wildman–Crippen LogP) is 6.55. The largest absolute Gasteiger partial charge is 0.573 e. The molecule has 0 fully saturated rings. The van der Waals surface area contributed by atoms with Crippen molar-refractivity contribution in [1.82, 2.24) is 0 Å². The van der Waals surface area contributed by atoms with Crippen LogP contribution in [-0.2, 0) is 12.8 Å². The molecule has 1 aliphatic rings. The molecule has 0 aromatic heterocycles. The molecule has 1 nitrogen and oxygen atoms in total. The Morgan fingerprint density at radius 3 is 2.38 bits per heavy atom. The van der Waals surface area contributed by atoms with Crippen LogP contribution < -0.4 is 4.74 Å². The third-order valence-corrected chi connectivity index (χ3v) is 4.59. The molecule has 2 aromatic carbocycles. The summed E-state index contributed by atoms with van der Waals surface area (Å²) in [7, 11) is 0. The number of rotatable bonds is 5. The molecule has 5 heteroatoms. The van der Waals surface area contributed by atoms with E-state index in [-0.39, 0.29) is 5.56 Å². The van der Waals surface area contributed by atoms with Gasteiger partial charge in [-0.3, -0.25) is 0 Å². The van der Waals surface area contributed by atoms with Crippen LogP contribution in [0.3, 0.4) is 0 Å². The second-order valence-electron chi connectivity index (χ2n) is 6.46. The summed E-state index contributed by atoms with van der Waals surface area (Å²) in [5.74, 6) is -1.70. The van der Waals surface area contributed by atoms with Gasteiger partial charge in [0.2, 0.25) is 0 Å². The minimum Gasteiger partial charge on any atom is -0.403 e. The van der Waals surface area contributed by atoms with Crippen molar-refractivity contribution in [2.24, 2.45) is 0 Å². The van der Waals surface area contributed by atoms with Crippen molar-refractivity contribution in [3.8, 4) is 5.75 Å². The van der Waals surface area contributed by atoms with Gasteiger partial charge in [0, 0.05) is 0 Å². The second-order valence-corrected chi connectivity index (χ2v) is 6.46. The van der Waals surface area contributed by atoms with E-state index in [1.54, 1.807) is 0 Å². The average Bonchev–Trinajstić information content (AvgIpc) is 2.61. The van der Waals surface area contributed by atoms with E-state index >= 15 is 0 Å². The fraction of sp³-hybridized carbons (Fsp3) is 0.333. The van der Waals surface area contributed by atoms with Gasteiger partial charge >= 0.3 is 6.36 Å². The first-order chi connectivity index (χ1) is 12.4. The molecule has 138 valence electrons. The number of hydrogen-bond donors (Lipinski definition) is 0. The lowest BCUT2D eigenvalue weighted by Crippen LogP contribution is -2.18. The standard InChI is InChI=1S/C21H20F4O/c1-2-3-4-14-5-7-15(8-6-14)16-9-11-18-17(13-16)10-12-19(20(18)22)26-21(23,24)25/h5-8,10,12-13H,2-4,9,11H2,1H3. The summed E-state index contributed by atoms with van der Waals surface area (Å²) in [6.45, 7) is 2.16. The first kappa shape index (κ1) is 18.5. The molecule has 0 saturated carbocycles. The molecule has 0 radical (unpaired) electrons. The summed E-state index contributed by atoms with van der Waals surface area (Å²) in [4.78, 5) is 0. The molecule has 0 aliphatic heterocycles. The van der Waals surface area contributed by atoms with E-state index in [1.165, 1.54) is 11.6 Å². The minimum atomic E-state index is -4.90. The maximum absolute atomic E-state index is 14.3. The second kappa shape index (κ2) is 7.52. The lowest BCUT2D eigenvalue weighted by molar-refractivity contribution is -0.275. The van der Waals surface area contributed by atoms with Gasteiger partial charge < -0.3 is 4.74 Å². The van der Waals surface area contributed by atoms with E-state index < -0.39 is 17.9 Å². The van der Waals surface area contributed by atoms with Crippen LogP contribution in [0.25, 0.3) is 11.6 Å². The van der Waals surface area contributed by atoms with Gasteiger partial charge in [0.15, 0.2) is 11.6 Å². The van der Waals surface area contributed by atoms with Gasteiger partial charge in [-0.2, -0.15) is 0 Å². The number of allylic oxidation sites excluding steroid dienone is 1. The molecule has 0 spiro atoms. The molecule has 0 unspecified atom stereocenters. The molecule has 0 atom stereocenters. The Labute approximate surface area is 150 Å². The van der Waals surface area contributed by atoms with Crippen LogP contribution in [0.2, 0.25) is 0 Å². The van der Waals surface area contributed by atoms with Gasteiger partial charge in [-0.15, -0.1) is 13.2 Å². The van der Waals surface area contributed by atoms with Crippen molar-refractivity contribution in [2.75, 3.05) is 0 Å². The first-order valence-electron chi connectivity index (χ1n) is 8.74. The van der Waals surface area contributed by atoms with Crippen LogP contribution in [-0.4, -0.2) is 6.36 Å². The highest BCUT2D eigenvalue weighted by atomic mass is 19.4. The number of benzene rings is 2. The molecule has 0 saturated heterocycles. The Balaban J connectivity index is 1.84. The van der Waals surface area contributed by atoms with Crippen LogP contribution in [0.5, 0.6) is 5.75 Å². The zero-order chi connectivity index (χ0) is 18.7. The van der Waals surface area contributed by atoms with Gasteiger partial charge in [0.05, 0.1) is 0 Å². The van der Waals surface area contributed by atoms with Crippen LogP contribution >= 0.6 is 0 Å². The fourth-order valence-corrected chi connectivity index (χ4v) is 3.22. The third kappa shape index (κ3) is 4.26. The van der Waals surface area contributed by atoms with Crippen molar-refractivity contribution in [2.45, 2.75) is 45.4 Å². The molecule has 2 aromatic rings. The Hall–Kier alpha value is -2.30. The molecule has 1 aliphatic carbocycles. The summed E-state index contributed by atoms with van der Waals surface area (Å²) in [6.07, 6.45) is 1.22. The average molecular weight is 364 g/mol. The van der Waals surface area contributed by atoms with Crippen molar-refractivity contribution in [3.63, 3.8) is 0 Å². The van der Waals surface area contributed by atoms with Gasteiger partial charge in [0.25, 0.3) is 0 Å². The van der Waals surface area contributed by atoms with Crippen LogP contribution in [0, 0.1) is 5.82 Å². The van der Waals surface area contributed by atoms with Gasteiger partial charge in [-0.25, -0.2) is 4.39 Å². The summed E-state index contributed by atoms with van der Waals surface area (Å²) >= 11 is 0. The highest BCUT2D eigenvalue weighted by molar-refractivity contribution is 5.84. The third-order valence-electron chi connectivity index (χ3n) is 4.59. The summed E-state index contributed by atoms with van der Waals surface area (Å²) in [5.41, 5.74) is 4.28. The predicted molar refractivity (Wildman–Crippen MR) is 94.3 cm³/mol. The number of fused-ring (bicyclic) bond motifs is 1. The zero-order valence-electron chi connectivity index (χ0n) is 14.5. The number of alkyl halides is 3. The number of hydrogen-bond acceptors (Lipinski definition) is 1. The molecule has 3 rings (SSSR count). The van der Waals surface area contributed by atoms with E-state index in [4.69, 9.17) is 0 Å². The van der Waals surface area contributed by atoms with Crippen molar-refractivity contribution < 1.29 is 22.3 Å². The van der Waals surface area contributed by atoms with E-state index in [9.17, 15) is 17.6 Å². The normalized spacial score (nSPS) is 14.0. The SMILES string of the molecule is CCCCc1ccc(C2=Cc3ccc(OC(F)(F)F)c(F)c3CC2)cc1. The first-order valence-corrected chi connectivity index (χ1v) is 8.74. The van der Waals surface area contributed by atoms with Crippen molar-refractivity contribution in [1.29, 1.82) is 0 Å². The molecule has 0 bridgehead atoms. The summed E-state index contributed by atoms with van der Waals surface area (Å²) in [5, 5.41) is 0. The van der Waals surface area contributed by atoms with Gasteiger partial charge in [-0.1, -0.05) is 49.8 Å². The number of halogens is 4. The topological polar surface area (TPSA) is 9.23 Å². The fourth-order valence-electron chi connectivity index (χ4n) is 3.22. The Bertz CT molecular complexity index is 804. The van der Waals surface area contributed by atoms with E-state index in [0.717, 1.165) is 36.5 Å². The summed E-state index contributed by atoms with van der Waals surface area (Å²) in [6, 6.07) is 10.8.